The van der Waals surface area contributed by atoms with E-state index in [9.17, 15) is 9.90 Å². The molecule has 1 N–H and O–H groups in total. The lowest BCUT2D eigenvalue weighted by molar-refractivity contribution is -0.132. The van der Waals surface area contributed by atoms with Crippen LogP contribution in [0, 0.1) is 11.8 Å². The van der Waals surface area contributed by atoms with Gasteiger partial charge in [0.05, 0.1) is 6.10 Å². The van der Waals surface area contributed by atoms with E-state index in [2.05, 4.69) is 11.0 Å². The number of nitrogens with zero attached hydrogens (tertiary/aromatic N) is 1. The molecule has 0 radical (unpaired) electrons. The number of ether oxygens (including phenoxy) is 2. The summed E-state index contributed by atoms with van der Waals surface area (Å²) in [4.78, 5) is 14.3. The molecule has 5 nitrogen and oxygen atoms in total. The molecule has 3 fully saturated rings. The summed E-state index contributed by atoms with van der Waals surface area (Å²) >= 11 is 0. The number of aliphatic hydroxyl groups is 1. The highest BCUT2D eigenvalue weighted by Crippen LogP contribution is 2.64. The zero-order valence-corrected chi connectivity index (χ0v) is 15.8. The van der Waals surface area contributed by atoms with E-state index in [1.54, 1.807) is 0 Å². The number of hydrogen-bond acceptors (Lipinski definition) is 5. The summed E-state index contributed by atoms with van der Waals surface area (Å²) in [6.45, 7) is 3.75. The van der Waals surface area contributed by atoms with Crippen molar-refractivity contribution in [2.45, 2.75) is 69.1 Å². The lowest BCUT2D eigenvalue weighted by Gasteiger charge is -2.59. The molecule has 144 valence electrons. The molecule has 2 heterocycles. The molecule has 5 heteroatoms. The van der Waals surface area contributed by atoms with Crippen LogP contribution in [0.1, 0.15) is 50.2 Å². The van der Waals surface area contributed by atoms with Gasteiger partial charge in [-0.15, -0.1) is 0 Å². The number of hydrogen-bond donors (Lipinski definition) is 1. The van der Waals surface area contributed by atoms with Crippen LogP contribution in [0.3, 0.4) is 0 Å². The highest BCUT2D eigenvalue weighted by Gasteiger charge is 2.65. The molecule has 1 aromatic rings. The maximum absolute atomic E-state index is 11.6. The fourth-order valence-corrected chi connectivity index (χ4v) is 6.68. The third kappa shape index (κ3) is 2.16. The molecule has 27 heavy (non-hydrogen) atoms. The molecule has 0 amide bonds. The first-order valence-electron chi connectivity index (χ1n) is 10.5. The predicted molar refractivity (Wildman–Crippen MR) is 99.0 cm³/mol. The lowest BCUT2D eigenvalue weighted by atomic mass is 9.51. The first-order valence-corrected chi connectivity index (χ1v) is 10.5. The number of carbonyl (C=O) groups excluding carboxylic acids is 1. The summed E-state index contributed by atoms with van der Waals surface area (Å²) in [7, 11) is 0. The van der Waals surface area contributed by atoms with Crippen LogP contribution in [0.15, 0.2) is 12.1 Å². The minimum atomic E-state index is -0.444. The maximum Gasteiger partial charge on any atom is 0.308 e. The van der Waals surface area contributed by atoms with Crippen LogP contribution >= 0.6 is 0 Å². The normalized spacial score (nSPS) is 38.9. The number of likely N-dealkylation sites (tertiary alicyclic amines) is 1. The summed E-state index contributed by atoms with van der Waals surface area (Å²) in [6, 6.07) is 4.57. The Kier molecular flexibility index (Phi) is 3.32. The minimum Gasteiger partial charge on any atom is -0.483 e. The molecule has 1 aromatic carbocycles. The van der Waals surface area contributed by atoms with Gasteiger partial charge in [-0.25, -0.2) is 0 Å². The highest BCUT2D eigenvalue weighted by molar-refractivity contribution is 5.72. The third-order valence-electron chi connectivity index (χ3n) is 7.83. The van der Waals surface area contributed by atoms with Crippen molar-refractivity contribution in [1.82, 2.24) is 4.90 Å². The number of aliphatic hydroxyl groups excluding tert-OH is 1. The van der Waals surface area contributed by atoms with E-state index >= 15 is 0 Å². The van der Waals surface area contributed by atoms with Crippen LogP contribution in [0.25, 0.3) is 0 Å². The Morgan fingerprint density at radius 3 is 2.96 bits per heavy atom. The van der Waals surface area contributed by atoms with Gasteiger partial charge in [-0.3, -0.25) is 9.69 Å². The number of rotatable bonds is 3. The second-order valence-corrected chi connectivity index (χ2v) is 9.31. The summed E-state index contributed by atoms with van der Waals surface area (Å²) in [5.74, 6) is 2.35. The molecule has 1 saturated heterocycles. The summed E-state index contributed by atoms with van der Waals surface area (Å²) in [6.07, 6.45) is 6.07. The predicted octanol–water partition coefficient (Wildman–Crippen LogP) is 2.42. The summed E-state index contributed by atoms with van der Waals surface area (Å²) in [5.41, 5.74) is 2.47. The van der Waals surface area contributed by atoms with Crippen LogP contribution < -0.4 is 9.47 Å². The quantitative estimate of drug-likeness (QED) is 0.655. The molecule has 3 aliphatic carbocycles. The number of esters is 1. The van der Waals surface area contributed by atoms with Crippen molar-refractivity contribution in [3.8, 4) is 11.5 Å². The van der Waals surface area contributed by atoms with Crippen LogP contribution in [-0.2, 0) is 16.6 Å². The molecule has 2 aliphatic heterocycles. The number of carbonyl (C=O) groups is 1. The first-order chi connectivity index (χ1) is 13.1. The largest absolute Gasteiger partial charge is 0.483 e. The Bertz CT molecular complexity index is 819. The van der Waals surface area contributed by atoms with E-state index in [0.29, 0.717) is 17.7 Å². The zero-order chi connectivity index (χ0) is 18.3. The van der Waals surface area contributed by atoms with Crippen molar-refractivity contribution in [3.63, 3.8) is 0 Å². The highest BCUT2D eigenvalue weighted by atomic mass is 16.6. The van der Waals surface area contributed by atoms with Crippen LogP contribution in [0.2, 0.25) is 0 Å². The average Bonchev–Trinajstić information content (AvgIpc) is 3.38. The van der Waals surface area contributed by atoms with Crippen molar-refractivity contribution < 1.29 is 19.4 Å². The molecular weight excluding hydrogens is 342 g/mol. The number of benzene rings is 1. The van der Waals surface area contributed by atoms with E-state index < -0.39 is 6.10 Å². The van der Waals surface area contributed by atoms with Gasteiger partial charge in [-0.1, -0.05) is 6.07 Å². The van der Waals surface area contributed by atoms with Gasteiger partial charge in [0.1, 0.15) is 6.10 Å². The fraction of sp³-hybridized carbons (Fsp3) is 0.682. The van der Waals surface area contributed by atoms with Crippen molar-refractivity contribution in [1.29, 1.82) is 0 Å². The van der Waals surface area contributed by atoms with Gasteiger partial charge in [0.25, 0.3) is 0 Å². The summed E-state index contributed by atoms with van der Waals surface area (Å²) < 4.78 is 11.9. The SMILES string of the molecule is CC(=O)Oc1ccc2c3c1O[C@H]1[C@@H](O)CC[C@H]4[C@@H](C2)N(CC2CC2)CC[C@@]341. The van der Waals surface area contributed by atoms with Crippen molar-refractivity contribution >= 4 is 5.97 Å². The second kappa shape index (κ2) is 5.48. The standard InChI is InChI=1S/C22H27NO4/c1-12(24)26-18-7-4-14-10-16-15-5-6-17(25)21-22(15,19(14)20(18)27-21)8-9-23(16)11-13-2-3-13/h4,7,13,15-17,21,25H,2-3,5-6,8-11H2,1H3/t15-,16+,17-,21-,22-/m0/s1. The van der Waals surface area contributed by atoms with Crippen molar-refractivity contribution in [2.75, 3.05) is 13.1 Å². The molecule has 5 aliphatic rings. The first kappa shape index (κ1) is 16.4. The van der Waals surface area contributed by atoms with Gasteiger partial charge in [0, 0.05) is 30.5 Å². The van der Waals surface area contributed by atoms with E-state index in [0.717, 1.165) is 43.9 Å². The van der Waals surface area contributed by atoms with Gasteiger partial charge in [-0.05, 0) is 68.5 Å². The summed E-state index contributed by atoms with van der Waals surface area (Å²) in [5, 5.41) is 10.8. The van der Waals surface area contributed by atoms with Gasteiger partial charge in [-0.2, -0.15) is 0 Å². The Morgan fingerprint density at radius 2 is 2.19 bits per heavy atom. The Hall–Kier alpha value is -1.59. The molecule has 0 unspecified atom stereocenters. The molecular formula is C22H27NO4. The van der Waals surface area contributed by atoms with E-state index in [4.69, 9.17) is 9.47 Å². The Morgan fingerprint density at radius 1 is 1.33 bits per heavy atom. The molecule has 5 atom stereocenters. The Labute approximate surface area is 159 Å². The molecule has 0 aromatic heterocycles. The molecule has 1 spiro atoms. The zero-order valence-electron chi connectivity index (χ0n) is 15.8. The van der Waals surface area contributed by atoms with Crippen LogP contribution in [0.5, 0.6) is 11.5 Å². The molecule has 2 bridgehead atoms. The maximum atomic E-state index is 11.6. The number of piperidine rings is 1. The van der Waals surface area contributed by atoms with Crippen molar-refractivity contribution in [3.05, 3.63) is 23.3 Å². The Balaban J connectivity index is 1.49. The minimum absolute atomic E-state index is 0.110. The lowest BCUT2D eigenvalue weighted by Crippen LogP contribution is -2.67. The molecule has 2 saturated carbocycles. The fourth-order valence-electron chi connectivity index (χ4n) is 6.68. The monoisotopic (exact) mass is 369 g/mol. The van der Waals surface area contributed by atoms with Crippen molar-refractivity contribution in [2.24, 2.45) is 11.8 Å². The topological polar surface area (TPSA) is 59.0 Å². The van der Waals surface area contributed by atoms with Crippen LogP contribution in [-0.4, -0.2) is 47.3 Å². The molecule has 6 rings (SSSR count). The van der Waals surface area contributed by atoms with Gasteiger partial charge in [0.15, 0.2) is 11.5 Å². The van der Waals surface area contributed by atoms with Crippen LogP contribution in [0.4, 0.5) is 0 Å². The van der Waals surface area contributed by atoms with E-state index in [-0.39, 0.29) is 17.5 Å². The van der Waals surface area contributed by atoms with Gasteiger partial charge in [0.2, 0.25) is 0 Å². The second-order valence-electron chi connectivity index (χ2n) is 9.31. The van der Waals surface area contributed by atoms with E-state index in [1.807, 2.05) is 6.07 Å². The van der Waals surface area contributed by atoms with Gasteiger partial charge >= 0.3 is 5.97 Å². The van der Waals surface area contributed by atoms with Gasteiger partial charge < -0.3 is 14.6 Å². The third-order valence-corrected chi connectivity index (χ3v) is 7.83. The smallest absolute Gasteiger partial charge is 0.308 e. The average molecular weight is 369 g/mol. The van der Waals surface area contributed by atoms with E-state index in [1.165, 1.54) is 37.4 Å².